The van der Waals surface area contributed by atoms with Crippen molar-refractivity contribution >= 4 is 23.1 Å². The molecular weight excluding hydrogens is 198 g/mol. The van der Waals surface area contributed by atoms with Crippen LogP contribution in [0.2, 0.25) is 5.02 Å². The summed E-state index contributed by atoms with van der Waals surface area (Å²) >= 11 is 5.74. The van der Waals surface area contributed by atoms with E-state index in [0.717, 1.165) is 6.54 Å². The number of nitrogens with one attached hydrogen (secondary N) is 1. The number of rotatable bonds is 2. The highest BCUT2D eigenvalue weighted by Crippen LogP contribution is 2.21. The van der Waals surface area contributed by atoms with Crippen molar-refractivity contribution < 1.29 is 0 Å². The minimum absolute atomic E-state index is 0.202. The second kappa shape index (κ2) is 4.05. The monoisotopic (exact) mass is 213 g/mol. The molecule has 0 aliphatic heterocycles. The van der Waals surface area contributed by atoms with Crippen molar-refractivity contribution in [1.29, 1.82) is 0 Å². The molecule has 1 rings (SSSR count). The van der Waals surface area contributed by atoms with E-state index in [1.54, 1.807) is 12.3 Å². The largest absolute Gasteiger partial charge is 0.396 e. The number of nitrogen functional groups attached to an aromatic ring is 1. The van der Waals surface area contributed by atoms with Crippen molar-refractivity contribution in [3.63, 3.8) is 0 Å². The quantitative estimate of drug-likeness (QED) is 0.795. The Morgan fingerprint density at radius 1 is 1.50 bits per heavy atom. The van der Waals surface area contributed by atoms with Crippen LogP contribution in [0.1, 0.15) is 20.8 Å². The normalized spacial score (nSPS) is 11.4. The molecule has 0 unspecified atom stereocenters. The van der Waals surface area contributed by atoms with Gasteiger partial charge in [0.25, 0.3) is 0 Å². The molecule has 0 saturated carbocycles. The molecule has 0 amide bonds. The third kappa shape index (κ3) is 3.42. The Labute approximate surface area is 89.7 Å². The summed E-state index contributed by atoms with van der Waals surface area (Å²) in [6.07, 6.45) is 1.59. The van der Waals surface area contributed by atoms with Crippen molar-refractivity contribution in [2.24, 2.45) is 5.41 Å². The number of nitrogens with zero attached hydrogens (tertiary/aromatic N) is 1. The van der Waals surface area contributed by atoms with E-state index in [1.165, 1.54) is 0 Å². The fraction of sp³-hybridized carbons (Fsp3) is 0.500. The number of nitrogens with two attached hydrogens (primary N) is 1. The van der Waals surface area contributed by atoms with Gasteiger partial charge in [-0.25, -0.2) is 4.98 Å². The van der Waals surface area contributed by atoms with E-state index in [0.29, 0.717) is 16.5 Å². The molecule has 0 atom stereocenters. The van der Waals surface area contributed by atoms with Gasteiger partial charge in [0.05, 0.1) is 10.7 Å². The van der Waals surface area contributed by atoms with Gasteiger partial charge in [-0.1, -0.05) is 32.4 Å². The molecule has 0 fully saturated rings. The van der Waals surface area contributed by atoms with Gasteiger partial charge in [0.2, 0.25) is 0 Å². The Bertz CT molecular complexity index is 318. The number of halogens is 1. The second-order valence-corrected chi connectivity index (χ2v) is 4.94. The third-order valence-corrected chi connectivity index (χ3v) is 1.88. The lowest BCUT2D eigenvalue weighted by atomic mass is 9.97. The van der Waals surface area contributed by atoms with E-state index in [2.05, 4.69) is 31.1 Å². The molecule has 0 aliphatic rings. The molecule has 1 heterocycles. The first-order valence-electron chi connectivity index (χ1n) is 4.53. The zero-order valence-electron chi connectivity index (χ0n) is 8.76. The second-order valence-electron chi connectivity index (χ2n) is 4.51. The fourth-order valence-corrected chi connectivity index (χ4v) is 1.12. The maximum atomic E-state index is 5.74. The number of hydrogen-bond acceptors (Lipinski definition) is 3. The summed E-state index contributed by atoms with van der Waals surface area (Å²) in [5.41, 5.74) is 6.53. The van der Waals surface area contributed by atoms with Crippen molar-refractivity contribution in [3.05, 3.63) is 17.3 Å². The van der Waals surface area contributed by atoms with E-state index in [9.17, 15) is 0 Å². The summed E-state index contributed by atoms with van der Waals surface area (Å²) in [5.74, 6) is 0.698. The lowest BCUT2D eigenvalue weighted by Gasteiger charge is -2.19. The van der Waals surface area contributed by atoms with E-state index in [1.807, 2.05) is 0 Å². The van der Waals surface area contributed by atoms with E-state index < -0.39 is 0 Å². The first-order valence-corrected chi connectivity index (χ1v) is 4.91. The Balaban J connectivity index is 2.68. The molecule has 0 bridgehead atoms. The topological polar surface area (TPSA) is 50.9 Å². The Kier molecular flexibility index (Phi) is 3.21. The molecule has 0 saturated heterocycles. The SMILES string of the molecule is CC(C)(C)CNc1ncc(Cl)cc1N. The number of anilines is 2. The number of hydrogen-bond donors (Lipinski definition) is 2. The molecular formula is C10H16ClN3. The number of aromatic nitrogens is 1. The average molecular weight is 214 g/mol. The van der Waals surface area contributed by atoms with Crippen molar-refractivity contribution in [2.45, 2.75) is 20.8 Å². The Hall–Kier alpha value is -0.960. The summed E-state index contributed by atoms with van der Waals surface area (Å²) in [5, 5.41) is 3.74. The van der Waals surface area contributed by atoms with E-state index in [4.69, 9.17) is 17.3 Å². The molecule has 78 valence electrons. The lowest BCUT2D eigenvalue weighted by molar-refractivity contribution is 0.442. The maximum absolute atomic E-state index is 5.74. The zero-order valence-corrected chi connectivity index (χ0v) is 9.52. The highest BCUT2D eigenvalue weighted by molar-refractivity contribution is 6.30. The highest BCUT2D eigenvalue weighted by atomic mass is 35.5. The molecule has 0 aromatic carbocycles. The van der Waals surface area contributed by atoms with E-state index in [-0.39, 0.29) is 5.41 Å². The van der Waals surface area contributed by atoms with Crippen LogP contribution in [0, 0.1) is 5.41 Å². The third-order valence-electron chi connectivity index (χ3n) is 1.67. The molecule has 0 spiro atoms. The first-order chi connectivity index (χ1) is 6.38. The molecule has 4 heteroatoms. The Morgan fingerprint density at radius 3 is 2.64 bits per heavy atom. The zero-order chi connectivity index (χ0) is 10.8. The van der Waals surface area contributed by atoms with Gasteiger partial charge >= 0.3 is 0 Å². The summed E-state index contributed by atoms with van der Waals surface area (Å²) in [4.78, 5) is 4.11. The molecule has 14 heavy (non-hydrogen) atoms. The molecule has 3 nitrogen and oxygen atoms in total. The van der Waals surface area contributed by atoms with Crippen molar-refractivity contribution in [1.82, 2.24) is 4.98 Å². The summed E-state index contributed by atoms with van der Waals surface area (Å²) in [6, 6.07) is 1.69. The van der Waals surface area contributed by atoms with Gasteiger partial charge in [0, 0.05) is 12.7 Å². The van der Waals surface area contributed by atoms with Gasteiger partial charge in [0.15, 0.2) is 0 Å². The molecule has 0 radical (unpaired) electrons. The molecule has 1 aromatic heterocycles. The lowest BCUT2D eigenvalue weighted by Crippen LogP contribution is -2.20. The van der Waals surface area contributed by atoms with Crippen LogP contribution in [0.5, 0.6) is 0 Å². The van der Waals surface area contributed by atoms with Crippen molar-refractivity contribution in [3.8, 4) is 0 Å². The predicted molar refractivity (Wildman–Crippen MR) is 61.6 cm³/mol. The van der Waals surface area contributed by atoms with Crippen LogP contribution in [-0.4, -0.2) is 11.5 Å². The van der Waals surface area contributed by atoms with Gasteiger partial charge in [0.1, 0.15) is 5.82 Å². The van der Waals surface area contributed by atoms with Crippen LogP contribution >= 0.6 is 11.6 Å². The molecule has 1 aromatic rings. The maximum Gasteiger partial charge on any atom is 0.149 e. The summed E-state index contributed by atoms with van der Waals surface area (Å²) < 4.78 is 0. The van der Waals surface area contributed by atoms with Crippen molar-refractivity contribution in [2.75, 3.05) is 17.6 Å². The van der Waals surface area contributed by atoms with Gasteiger partial charge in [-0.05, 0) is 11.5 Å². The van der Waals surface area contributed by atoms with Crippen LogP contribution < -0.4 is 11.1 Å². The summed E-state index contributed by atoms with van der Waals surface area (Å²) in [6.45, 7) is 7.26. The highest BCUT2D eigenvalue weighted by Gasteiger charge is 2.10. The van der Waals surface area contributed by atoms with Gasteiger partial charge < -0.3 is 11.1 Å². The van der Waals surface area contributed by atoms with Crippen LogP contribution in [0.25, 0.3) is 0 Å². The van der Waals surface area contributed by atoms with Gasteiger partial charge in [-0.3, -0.25) is 0 Å². The van der Waals surface area contributed by atoms with Crippen LogP contribution in [0.3, 0.4) is 0 Å². The minimum Gasteiger partial charge on any atom is -0.396 e. The molecule has 3 N–H and O–H groups in total. The fourth-order valence-electron chi connectivity index (χ4n) is 0.952. The van der Waals surface area contributed by atoms with Crippen LogP contribution in [0.15, 0.2) is 12.3 Å². The van der Waals surface area contributed by atoms with E-state index >= 15 is 0 Å². The minimum atomic E-state index is 0.202. The standard InChI is InChI=1S/C10H16ClN3/c1-10(2,3)6-14-9-8(12)4-7(11)5-13-9/h4-5H,6,12H2,1-3H3,(H,13,14). The molecule has 0 aliphatic carbocycles. The summed E-state index contributed by atoms with van der Waals surface area (Å²) in [7, 11) is 0. The Morgan fingerprint density at radius 2 is 2.14 bits per heavy atom. The van der Waals surface area contributed by atoms with Gasteiger partial charge in [-0.15, -0.1) is 0 Å². The van der Waals surface area contributed by atoms with Crippen LogP contribution in [-0.2, 0) is 0 Å². The predicted octanol–water partition coefficient (Wildman–Crippen LogP) is 2.78. The smallest absolute Gasteiger partial charge is 0.149 e. The average Bonchev–Trinajstić information content (AvgIpc) is 2.00. The van der Waals surface area contributed by atoms with Crippen LogP contribution in [0.4, 0.5) is 11.5 Å². The first kappa shape index (κ1) is 11.1. The van der Waals surface area contributed by atoms with Gasteiger partial charge in [-0.2, -0.15) is 0 Å². The number of pyridine rings is 1.